The van der Waals surface area contributed by atoms with Gasteiger partial charge >= 0.3 is 0 Å². The normalized spacial score (nSPS) is 9.73. The molecule has 11 heavy (non-hydrogen) atoms. The molecule has 0 aliphatic carbocycles. The molecule has 4 nitrogen and oxygen atoms in total. The van der Waals surface area contributed by atoms with Crippen molar-refractivity contribution < 1.29 is 0 Å². The van der Waals surface area contributed by atoms with Crippen LogP contribution in [0.1, 0.15) is 19.8 Å². The number of nitrogens with zero attached hydrogens (tertiary/aromatic N) is 4. The van der Waals surface area contributed by atoms with Gasteiger partial charge in [0.2, 0.25) is 0 Å². The third kappa shape index (κ3) is 7.16. The number of hydrogen-bond donors (Lipinski definition) is 0. The summed E-state index contributed by atoms with van der Waals surface area (Å²) >= 11 is 0. The van der Waals surface area contributed by atoms with Crippen molar-refractivity contribution >= 4 is 0 Å². The molecule has 0 N–H and O–H groups in total. The first-order chi connectivity index (χ1) is 5.31. The van der Waals surface area contributed by atoms with Gasteiger partial charge < -0.3 is 4.90 Å². The zero-order chi connectivity index (χ0) is 8.53. The highest BCUT2D eigenvalue weighted by atomic mass is 15.2. The Labute approximate surface area is 67.8 Å². The molecule has 0 amide bonds. The Morgan fingerprint density at radius 1 is 1.45 bits per heavy atom. The summed E-state index contributed by atoms with van der Waals surface area (Å²) in [5.41, 5.74) is 8.00. The van der Waals surface area contributed by atoms with Crippen LogP contribution in [0.3, 0.4) is 0 Å². The number of likely N-dealkylation sites (N-methyl/N-ethyl adjacent to an activating group) is 1. The topological polar surface area (TPSA) is 52.0 Å². The molecule has 0 spiro atoms. The zero-order valence-electron chi connectivity index (χ0n) is 7.32. The molecule has 0 aromatic rings. The van der Waals surface area contributed by atoms with Gasteiger partial charge in [0.1, 0.15) is 0 Å². The van der Waals surface area contributed by atoms with Crippen LogP contribution >= 0.6 is 0 Å². The number of rotatable bonds is 6. The van der Waals surface area contributed by atoms with Crippen LogP contribution in [0.25, 0.3) is 10.4 Å². The van der Waals surface area contributed by atoms with Crippen molar-refractivity contribution in [1.29, 1.82) is 0 Å². The highest BCUT2D eigenvalue weighted by Crippen LogP contribution is 1.90. The van der Waals surface area contributed by atoms with Gasteiger partial charge in [0.25, 0.3) is 0 Å². The smallest absolute Gasteiger partial charge is 0.0385 e. The van der Waals surface area contributed by atoms with E-state index in [-0.39, 0.29) is 0 Å². The van der Waals surface area contributed by atoms with Crippen LogP contribution in [0.5, 0.6) is 0 Å². The van der Waals surface area contributed by atoms with Gasteiger partial charge in [-0.2, -0.15) is 0 Å². The number of hydrogen-bond acceptors (Lipinski definition) is 2. The van der Waals surface area contributed by atoms with E-state index in [0.29, 0.717) is 6.54 Å². The summed E-state index contributed by atoms with van der Waals surface area (Å²) in [5.74, 6) is 0. The first-order valence-electron chi connectivity index (χ1n) is 4.00. The lowest BCUT2D eigenvalue weighted by Gasteiger charge is -2.13. The van der Waals surface area contributed by atoms with Crippen molar-refractivity contribution in [3.63, 3.8) is 0 Å². The molecule has 0 aromatic carbocycles. The SMILES string of the molecule is CCCCN(C)CCN=[N+]=[N-]. The first kappa shape index (κ1) is 10.3. The molecule has 4 heteroatoms. The van der Waals surface area contributed by atoms with Crippen molar-refractivity contribution in [3.8, 4) is 0 Å². The second-order valence-electron chi connectivity index (χ2n) is 2.61. The molecule has 0 saturated carbocycles. The summed E-state index contributed by atoms with van der Waals surface area (Å²) in [7, 11) is 2.04. The van der Waals surface area contributed by atoms with Gasteiger partial charge in [0, 0.05) is 18.0 Å². The predicted octanol–water partition coefficient (Wildman–Crippen LogP) is 2.03. The molecule has 0 aliphatic heterocycles. The molecular formula is C7H16N4. The molecule has 0 rings (SSSR count). The van der Waals surface area contributed by atoms with E-state index in [2.05, 4.69) is 21.8 Å². The summed E-state index contributed by atoms with van der Waals surface area (Å²) in [6.45, 7) is 4.71. The summed E-state index contributed by atoms with van der Waals surface area (Å²) in [4.78, 5) is 4.87. The Balaban J connectivity index is 3.21. The van der Waals surface area contributed by atoms with Crippen LogP contribution in [-0.2, 0) is 0 Å². The maximum absolute atomic E-state index is 8.00. The van der Waals surface area contributed by atoms with Crippen LogP contribution in [0, 0.1) is 0 Å². The molecule has 0 fully saturated rings. The molecular weight excluding hydrogens is 140 g/mol. The maximum atomic E-state index is 8.00. The van der Waals surface area contributed by atoms with E-state index in [1.54, 1.807) is 0 Å². The average molecular weight is 156 g/mol. The third-order valence-electron chi connectivity index (χ3n) is 1.54. The lowest BCUT2D eigenvalue weighted by molar-refractivity contribution is 0.337. The summed E-state index contributed by atoms with van der Waals surface area (Å²) in [6, 6.07) is 0. The molecule has 64 valence electrons. The number of unbranched alkanes of at least 4 members (excludes halogenated alkanes) is 1. The molecule has 0 radical (unpaired) electrons. The lowest BCUT2D eigenvalue weighted by Crippen LogP contribution is -2.22. The first-order valence-corrected chi connectivity index (χ1v) is 4.00. The summed E-state index contributed by atoms with van der Waals surface area (Å²) in [5, 5.41) is 3.46. The second kappa shape index (κ2) is 7.38. The van der Waals surface area contributed by atoms with Crippen LogP contribution in [0.15, 0.2) is 5.11 Å². The van der Waals surface area contributed by atoms with E-state index >= 15 is 0 Å². The number of azide groups is 1. The molecule has 0 atom stereocenters. The van der Waals surface area contributed by atoms with Gasteiger partial charge in [-0.15, -0.1) is 0 Å². The fourth-order valence-electron chi connectivity index (χ4n) is 0.800. The highest BCUT2D eigenvalue weighted by Gasteiger charge is 1.94. The molecule has 0 unspecified atom stereocenters. The van der Waals surface area contributed by atoms with Crippen LogP contribution in [0.4, 0.5) is 0 Å². The van der Waals surface area contributed by atoms with Crippen molar-refractivity contribution in [2.24, 2.45) is 5.11 Å². The minimum atomic E-state index is 0.580. The van der Waals surface area contributed by atoms with E-state index < -0.39 is 0 Å². The van der Waals surface area contributed by atoms with E-state index in [4.69, 9.17) is 5.53 Å². The fraction of sp³-hybridized carbons (Fsp3) is 1.00. The second-order valence-corrected chi connectivity index (χ2v) is 2.61. The molecule has 0 aliphatic rings. The standard InChI is InChI=1S/C7H16N4/c1-3-4-6-11(2)7-5-9-10-8/h3-7H2,1-2H3. The van der Waals surface area contributed by atoms with E-state index in [0.717, 1.165) is 13.1 Å². The van der Waals surface area contributed by atoms with E-state index in [9.17, 15) is 0 Å². The molecule has 0 heterocycles. The van der Waals surface area contributed by atoms with Gasteiger partial charge in [0.05, 0.1) is 0 Å². The molecule has 0 aromatic heterocycles. The third-order valence-corrected chi connectivity index (χ3v) is 1.54. The Morgan fingerprint density at radius 2 is 2.18 bits per heavy atom. The van der Waals surface area contributed by atoms with Crippen LogP contribution in [0.2, 0.25) is 0 Å². The van der Waals surface area contributed by atoms with Gasteiger partial charge in [-0.1, -0.05) is 18.5 Å². The van der Waals surface area contributed by atoms with Crippen molar-refractivity contribution in [2.75, 3.05) is 26.7 Å². The average Bonchev–Trinajstić information content (AvgIpc) is 2.01. The van der Waals surface area contributed by atoms with Gasteiger partial charge in [-0.3, -0.25) is 0 Å². The van der Waals surface area contributed by atoms with Crippen LogP contribution in [-0.4, -0.2) is 31.6 Å². The van der Waals surface area contributed by atoms with Gasteiger partial charge in [-0.25, -0.2) is 0 Å². The lowest BCUT2D eigenvalue weighted by atomic mass is 10.3. The monoisotopic (exact) mass is 156 g/mol. The van der Waals surface area contributed by atoms with Crippen molar-refractivity contribution in [2.45, 2.75) is 19.8 Å². The zero-order valence-corrected chi connectivity index (χ0v) is 7.32. The summed E-state index contributed by atoms with van der Waals surface area (Å²) in [6.07, 6.45) is 2.43. The van der Waals surface area contributed by atoms with Crippen molar-refractivity contribution in [3.05, 3.63) is 10.4 Å². The van der Waals surface area contributed by atoms with Gasteiger partial charge in [0.15, 0.2) is 0 Å². The van der Waals surface area contributed by atoms with Gasteiger partial charge in [-0.05, 0) is 25.5 Å². The predicted molar refractivity (Wildman–Crippen MR) is 46.4 cm³/mol. The summed E-state index contributed by atoms with van der Waals surface area (Å²) < 4.78 is 0. The van der Waals surface area contributed by atoms with Crippen molar-refractivity contribution in [1.82, 2.24) is 4.90 Å². The Morgan fingerprint density at radius 3 is 2.73 bits per heavy atom. The molecule has 0 saturated heterocycles. The Kier molecular flexibility index (Phi) is 6.89. The molecule has 0 bridgehead atoms. The quantitative estimate of drug-likeness (QED) is 0.330. The van der Waals surface area contributed by atoms with E-state index in [1.165, 1.54) is 12.8 Å². The Hall–Kier alpha value is -0.730. The largest absolute Gasteiger partial charge is 0.306 e. The highest BCUT2D eigenvalue weighted by molar-refractivity contribution is 4.54. The minimum Gasteiger partial charge on any atom is -0.306 e. The fourth-order valence-corrected chi connectivity index (χ4v) is 0.800. The van der Waals surface area contributed by atoms with E-state index in [1.807, 2.05) is 7.05 Å². The maximum Gasteiger partial charge on any atom is 0.0385 e. The Bertz CT molecular complexity index is 128. The minimum absolute atomic E-state index is 0.580. The van der Waals surface area contributed by atoms with Crippen LogP contribution < -0.4 is 0 Å².